The van der Waals surface area contributed by atoms with E-state index in [1.807, 2.05) is 12.3 Å². The van der Waals surface area contributed by atoms with E-state index in [4.69, 9.17) is 9.47 Å². The predicted octanol–water partition coefficient (Wildman–Crippen LogP) is 2.55. The Morgan fingerprint density at radius 1 is 1.20 bits per heavy atom. The van der Waals surface area contributed by atoms with E-state index >= 15 is 0 Å². The molecule has 0 radical (unpaired) electrons. The molecule has 20 heavy (non-hydrogen) atoms. The van der Waals surface area contributed by atoms with E-state index in [-0.39, 0.29) is 6.04 Å². The van der Waals surface area contributed by atoms with Crippen LogP contribution in [-0.4, -0.2) is 38.5 Å². The fraction of sp³-hybridized carbons (Fsp3) is 0.438. The van der Waals surface area contributed by atoms with Crippen molar-refractivity contribution in [3.8, 4) is 0 Å². The summed E-state index contributed by atoms with van der Waals surface area (Å²) < 4.78 is 10.7. The average molecular weight is 274 g/mol. The van der Waals surface area contributed by atoms with Crippen molar-refractivity contribution < 1.29 is 9.47 Å². The molecule has 1 aromatic heterocycles. The van der Waals surface area contributed by atoms with E-state index in [0.29, 0.717) is 19.8 Å². The van der Waals surface area contributed by atoms with E-state index in [9.17, 15) is 0 Å². The van der Waals surface area contributed by atoms with Gasteiger partial charge in [0, 0.05) is 18.7 Å². The van der Waals surface area contributed by atoms with Crippen LogP contribution < -0.4 is 5.32 Å². The smallest absolute Gasteiger partial charge is 0.0750 e. The summed E-state index contributed by atoms with van der Waals surface area (Å²) in [4.78, 5) is 4.51. The Morgan fingerprint density at radius 3 is 2.85 bits per heavy atom. The second kappa shape index (κ2) is 7.94. The molecular weight excluding hydrogens is 252 g/mol. The SMILES string of the molecule is CCNC(COCCOC)c1cccc2cccnc12. The number of nitrogens with zero attached hydrogens (tertiary/aromatic N) is 1. The average Bonchev–Trinajstić information content (AvgIpc) is 2.50. The van der Waals surface area contributed by atoms with Crippen molar-refractivity contribution in [2.75, 3.05) is 33.5 Å². The van der Waals surface area contributed by atoms with Crippen LogP contribution in [-0.2, 0) is 9.47 Å². The Balaban J connectivity index is 2.18. The second-order valence-corrected chi connectivity index (χ2v) is 4.60. The number of aromatic nitrogens is 1. The normalized spacial score (nSPS) is 12.7. The van der Waals surface area contributed by atoms with E-state index in [2.05, 4.69) is 41.5 Å². The number of hydrogen-bond donors (Lipinski definition) is 1. The van der Waals surface area contributed by atoms with Crippen molar-refractivity contribution in [2.45, 2.75) is 13.0 Å². The van der Waals surface area contributed by atoms with Gasteiger partial charge in [0.1, 0.15) is 0 Å². The van der Waals surface area contributed by atoms with E-state index < -0.39 is 0 Å². The Hall–Kier alpha value is -1.49. The Morgan fingerprint density at radius 2 is 2.05 bits per heavy atom. The van der Waals surface area contributed by atoms with Gasteiger partial charge < -0.3 is 14.8 Å². The summed E-state index contributed by atoms with van der Waals surface area (Å²) in [7, 11) is 1.68. The van der Waals surface area contributed by atoms with E-state index in [1.54, 1.807) is 7.11 Å². The third kappa shape index (κ3) is 3.76. The molecule has 1 N–H and O–H groups in total. The Labute approximate surface area is 120 Å². The third-order valence-corrected chi connectivity index (χ3v) is 3.21. The number of rotatable bonds is 8. The minimum absolute atomic E-state index is 0.149. The van der Waals surface area contributed by atoms with Crippen LogP contribution in [0.2, 0.25) is 0 Å². The van der Waals surface area contributed by atoms with Crippen LogP contribution in [0.1, 0.15) is 18.5 Å². The molecule has 108 valence electrons. The van der Waals surface area contributed by atoms with E-state index in [0.717, 1.165) is 17.4 Å². The topological polar surface area (TPSA) is 43.4 Å². The summed E-state index contributed by atoms with van der Waals surface area (Å²) in [6.07, 6.45) is 1.83. The first kappa shape index (κ1) is 14.9. The quantitative estimate of drug-likeness (QED) is 0.751. The van der Waals surface area contributed by atoms with Crippen LogP contribution in [0.4, 0.5) is 0 Å². The lowest BCUT2D eigenvalue weighted by Gasteiger charge is -2.19. The first-order valence-electron chi connectivity index (χ1n) is 7.00. The summed E-state index contributed by atoms with van der Waals surface area (Å²) in [5.74, 6) is 0. The molecule has 1 unspecified atom stereocenters. The highest BCUT2D eigenvalue weighted by Crippen LogP contribution is 2.22. The van der Waals surface area contributed by atoms with Gasteiger partial charge in [-0.1, -0.05) is 31.2 Å². The molecule has 2 rings (SSSR count). The molecule has 0 aliphatic carbocycles. The maximum absolute atomic E-state index is 5.68. The van der Waals surface area contributed by atoms with Crippen molar-refractivity contribution in [1.82, 2.24) is 10.3 Å². The molecular formula is C16H22N2O2. The van der Waals surface area contributed by atoms with Crippen LogP contribution in [0.3, 0.4) is 0 Å². The minimum atomic E-state index is 0.149. The summed E-state index contributed by atoms with van der Waals surface area (Å²) in [6, 6.07) is 10.5. The summed E-state index contributed by atoms with van der Waals surface area (Å²) in [6.45, 7) is 4.83. The van der Waals surface area contributed by atoms with Crippen LogP contribution in [0, 0.1) is 0 Å². The van der Waals surface area contributed by atoms with Gasteiger partial charge in [-0.05, 0) is 18.2 Å². The fourth-order valence-electron chi connectivity index (χ4n) is 2.26. The van der Waals surface area contributed by atoms with Crippen molar-refractivity contribution in [3.05, 3.63) is 42.1 Å². The first-order valence-corrected chi connectivity index (χ1v) is 7.00. The van der Waals surface area contributed by atoms with Gasteiger partial charge in [0.05, 0.1) is 31.4 Å². The van der Waals surface area contributed by atoms with Crippen molar-refractivity contribution in [1.29, 1.82) is 0 Å². The largest absolute Gasteiger partial charge is 0.382 e. The van der Waals surface area contributed by atoms with Gasteiger partial charge in [-0.3, -0.25) is 4.98 Å². The summed E-state index contributed by atoms with van der Waals surface area (Å²) >= 11 is 0. The molecule has 0 aliphatic heterocycles. The lowest BCUT2D eigenvalue weighted by atomic mass is 10.0. The number of ether oxygens (including phenoxy) is 2. The van der Waals surface area contributed by atoms with E-state index in [1.165, 1.54) is 5.56 Å². The highest BCUT2D eigenvalue weighted by atomic mass is 16.5. The molecule has 1 heterocycles. The van der Waals surface area contributed by atoms with Crippen LogP contribution in [0.25, 0.3) is 10.9 Å². The maximum atomic E-state index is 5.68. The molecule has 4 nitrogen and oxygen atoms in total. The zero-order valence-electron chi connectivity index (χ0n) is 12.1. The van der Waals surface area contributed by atoms with Gasteiger partial charge in [0.15, 0.2) is 0 Å². The molecule has 0 spiro atoms. The number of benzene rings is 1. The number of methoxy groups -OCH3 is 1. The van der Waals surface area contributed by atoms with Gasteiger partial charge in [-0.2, -0.15) is 0 Å². The van der Waals surface area contributed by atoms with Crippen molar-refractivity contribution >= 4 is 10.9 Å². The summed E-state index contributed by atoms with van der Waals surface area (Å²) in [5.41, 5.74) is 2.22. The minimum Gasteiger partial charge on any atom is -0.382 e. The molecule has 1 atom stereocenters. The molecule has 0 fully saturated rings. The zero-order valence-corrected chi connectivity index (χ0v) is 12.1. The van der Waals surface area contributed by atoms with Gasteiger partial charge in [0.2, 0.25) is 0 Å². The monoisotopic (exact) mass is 274 g/mol. The zero-order chi connectivity index (χ0) is 14.2. The van der Waals surface area contributed by atoms with Gasteiger partial charge in [-0.15, -0.1) is 0 Å². The Kier molecular flexibility index (Phi) is 5.92. The number of likely N-dealkylation sites (N-methyl/N-ethyl adjacent to an activating group) is 1. The maximum Gasteiger partial charge on any atom is 0.0750 e. The van der Waals surface area contributed by atoms with Gasteiger partial charge in [-0.25, -0.2) is 0 Å². The molecule has 2 aromatic rings. The highest BCUT2D eigenvalue weighted by molar-refractivity contribution is 5.82. The molecule has 0 amide bonds. The van der Waals surface area contributed by atoms with Crippen molar-refractivity contribution in [2.24, 2.45) is 0 Å². The van der Waals surface area contributed by atoms with Crippen LogP contribution in [0.5, 0.6) is 0 Å². The lowest BCUT2D eigenvalue weighted by molar-refractivity contribution is 0.0589. The van der Waals surface area contributed by atoms with Crippen molar-refractivity contribution in [3.63, 3.8) is 0 Å². The van der Waals surface area contributed by atoms with Gasteiger partial charge in [0.25, 0.3) is 0 Å². The number of nitrogens with one attached hydrogen (secondary N) is 1. The number of para-hydroxylation sites is 1. The fourth-order valence-corrected chi connectivity index (χ4v) is 2.26. The number of hydrogen-bond acceptors (Lipinski definition) is 4. The summed E-state index contributed by atoms with van der Waals surface area (Å²) in [5, 5.41) is 4.62. The standard InChI is InChI=1S/C16H22N2O2/c1-3-17-15(12-20-11-10-19-2)14-8-4-6-13-7-5-9-18-16(13)14/h4-9,15,17H,3,10-12H2,1-2H3. The molecule has 1 aromatic carbocycles. The first-order chi connectivity index (χ1) is 9.86. The molecule has 0 aliphatic rings. The van der Waals surface area contributed by atoms with Crippen LogP contribution >= 0.6 is 0 Å². The molecule has 0 saturated carbocycles. The number of pyridine rings is 1. The highest BCUT2D eigenvalue weighted by Gasteiger charge is 2.14. The predicted molar refractivity (Wildman–Crippen MR) is 80.9 cm³/mol. The van der Waals surface area contributed by atoms with Crippen LogP contribution in [0.15, 0.2) is 36.5 Å². The Bertz CT molecular complexity index is 525. The molecule has 4 heteroatoms. The van der Waals surface area contributed by atoms with Gasteiger partial charge >= 0.3 is 0 Å². The number of fused-ring (bicyclic) bond motifs is 1. The lowest BCUT2D eigenvalue weighted by Crippen LogP contribution is -2.26. The third-order valence-electron chi connectivity index (χ3n) is 3.21. The molecule has 0 saturated heterocycles. The second-order valence-electron chi connectivity index (χ2n) is 4.60. The molecule has 0 bridgehead atoms.